The van der Waals surface area contributed by atoms with Gasteiger partial charge in [-0.2, -0.15) is 12.6 Å². The van der Waals surface area contributed by atoms with Crippen LogP contribution in [0.25, 0.3) is 0 Å². The van der Waals surface area contributed by atoms with Crippen molar-refractivity contribution in [3.63, 3.8) is 0 Å². The van der Waals surface area contributed by atoms with E-state index >= 15 is 0 Å². The highest BCUT2D eigenvalue weighted by Gasteiger charge is 2.41. The molecule has 0 aliphatic heterocycles. The van der Waals surface area contributed by atoms with Crippen LogP contribution in [0.4, 0.5) is 0 Å². The largest absolute Gasteiger partial charge is 0.434 e. The molecule has 1 N–H and O–H groups in total. The van der Waals surface area contributed by atoms with Crippen LogP contribution in [-0.2, 0) is 9.45 Å². The third kappa shape index (κ3) is 12.6. The first-order chi connectivity index (χ1) is 14.1. The monoisotopic (exact) mass is 456 g/mol. The van der Waals surface area contributed by atoms with Gasteiger partial charge in [0, 0.05) is 15.7 Å². The fourth-order valence-electron chi connectivity index (χ4n) is 3.60. The Morgan fingerprint density at radius 1 is 0.935 bits per heavy atom. The Labute approximate surface area is 202 Å². The number of rotatable bonds is 14. The van der Waals surface area contributed by atoms with Crippen LogP contribution in [0.1, 0.15) is 128 Å². The highest BCUT2D eigenvalue weighted by molar-refractivity contribution is 7.81. The van der Waals surface area contributed by atoms with Crippen molar-refractivity contribution in [1.29, 1.82) is 0 Å². The van der Waals surface area contributed by atoms with E-state index in [1.165, 1.54) is 0 Å². The molecule has 3 nitrogen and oxygen atoms in total. The molecule has 0 aliphatic rings. The van der Waals surface area contributed by atoms with Crippen molar-refractivity contribution in [3.05, 3.63) is 0 Å². The van der Waals surface area contributed by atoms with Crippen LogP contribution in [0, 0.1) is 11.3 Å². The molecule has 0 aromatic rings. The Morgan fingerprint density at radius 2 is 1.42 bits per heavy atom. The molecule has 0 aromatic carbocycles. The average Bonchev–Trinajstić information content (AvgIpc) is 2.63. The number of hydrogen-bond donors (Lipinski definition) is 2. The number of thiol groups is 1. The summed E-state index contributed by atoms with van der Waals surface area (Å²) >= 11 is 4.65. The second-order valence-corrected chi connectivity index (χ2v) is 12.1. The van der Waals surface area contributed by atoms with Crippen LogP contribution in [0.15, 0.2) is 0 Å². The molecule has 0 rings (SSSR count). The van der Waals surface area contributed by atoms with Crippen LogP contribution in [-0.4, -0.2) is 29.3 Å². The SMILES string of the molecule is CC.CCCC(CCC)C(C)(CCCC[B]OC(C)(C)C(C)(C)S)C(=O)NC(C)(C)C. The quantitative estimate of drug-likeness (QED) is 0.159. The second kappa shape index (κ2) is 14.9. The molecule has 0 aliphatic carbocycles. The molecule has 0 spiro atoms. The zero-order valence-electron chi connectivity index (χ0n) is 23.1. The lowest BCUT2D eigenvalue weighted by molar-refractivity contribution is -0.136. The zero-order valence-corrected chi connectivity index (χ0v) is 24.0. The molecular weight excluding hydrogens is 401 g/mol. The third-order valence-corrected chi connectivity index (χ3v) is 6.84. The van der Waals surface area contributed by atoms with Gasteiger partial charge < -0.3 is 9.97 Å². The Hall–Kier alpha value is -0.155. The number of carbonyl (C=O) groups excluding carboxylic acids is 1. The summed E-state index contributed by atoms with van der Waals surface area (Å²) in [6.07, 6.45) is 8.36. The topological polar surface area (TPSA) is 38.3 Å². The number of unbranched alkanes of at least 4 members (excludes halogenated alkanes) is 1. The first-order valence-electron chi connectivity index (χ1n) is 12.6. The minimum atomic E-state index is -0.315. The van der Waals surface area contributed by atoms with E-state index < -0.39 is 0 Å². The third-order valence-electron chi connectivity index (χ3n) is 6.30. The summed E-state index contributed by atoms with van der Waals surface area (Å²) < 4.78 is 5.78. The van der Waals surface area contributed by atoms with Gasteiger partial charge in [-0.25, -0.2) is 0 Å². The molecule has 0 saturated carbocycles. The fourth-order valence-corrected chi connectivity index (χ4v) is 3.65. The van der Waals surface area contributed by atoms with E-state index in [4.69, 9.17) is 4.65 Å². The van der Waals surface area contributed by atoms with Gasteiger partial charge in [0.25, 0.3) is 7.48 Å². The predicted octanol–water partition coefficient (Wildman–Crippen LogP) is 7.86. The fraction of sp³-hybridized carbons (Fsp3) is 0.962. The number of amides is 1. The Morgan fingerprint density at radius 3 is 1.81 bits per heavy atom. The Kier molecular flexibility index (Phi) is 15.9. The van der Waals surface area contributed by atoms with Gasteiger partial charge in [0.1, 0.15) is 0 Å². The minimum Gasteiger partial charge on any atom is -0.434 e. The number of nitrogens with one attached hydrogen (secondary N) is 1. The lowest BCUT2D eigenvalue weighted by Gasteiger charge is -2.39. The minimum absolute atomic E-state index is 0.200. The van der Waals surface area contributed by atoms with E-state index in [1.807, 2.05) is 21.3 Å². The van der Waals surface area contributed by atoms with E-state index in [0.29, 0.717) is 5.92 Å². The summed E-state index contributed by atoms with van der Waals surface area (Å²) in [5.41, 5.74) is -0.828. The standard InChI is InChI=1S/C24H49BNO2S.C2H6/c1-11-15-19(16-12-2)24(10,20(27)26-21(3,4)5)17-13-14-18-25-28-22(6,7)23(8,9)29;1-2/h19,29H,11-18H2,1-10H3,(H,26,27);1-2H3. The molecule has 1 unspecified atom stereocenters. The first kappa shape index (κ1) is 33.0. The van der Waals surface area contributed by atoms with Gasteiger partial charge in [-0.3, -0.25) is 4.79 Å². The van der Waals surface area contributed by atoms with Gasteiger partial charge in [-0.05, 0) is 73.6 Å². The lowest BCUT2D eigenvalue weighted by Crippen LogP contribution is -2.51. The van der Waals surface area contributed by atoms with Gasteiger partial charge >= 0.3 is 0 Å². The number of carbonyl (C=O) groups is 1. The molecule has 5 heteroatoms. The molecule has 0 saturated heterocycles. The molecule has 1 atom stereocenters. The average molecular weight is 457 g/mol. The van der Waals surface area contributed by atoms with Gasteiger partial charge in [0.2, 0.25) is 5.91 Å². The molecule has 1 amide bonds. The van der Waals surface area contributed by atoms with Crippen molar-refractivity contribution in [1.82, 2.24) is 5.32 Å². The van der Waals surface area contributed by atoms with Crippen molar-refractivity contribution in [2.45, 2.75) is 150 Å². The van der Waals surface area contributed by atoms with Crippen molar-refractivity contribution >= 4 is 26.0 Å². The van der Waals surface area contributed by atoms with Crippen LogP contribution in [0.2, 0.25) is 6.32 Å². The first-order valence-corrected chi connectivity index (χ1v) is 13.1. The van der Waals surface area contributed by atoms with Gasteiger partial charge in [0.15, 0.2) is 0 Å². The molecule has 185 valence electrons. The summed E-state index contributed by atoms with van der Waals surface area (Å²) in [7, 11) is 1.93. The maximum absolute atomic E-state index is 13.3. The van der Waals surface area contributed by atoms with Crippen molar-refractivity contribution in [3.8, 4) is 0 Å². The molecule has 0 heterocycles. The maximum Gasteiger partial charge on any atom is 0.293 e. The van der Waals surface area contributed by atoms with E-state index in [1.54, 1.807) is 0 Å². The molecule has 1 radical (unpaired) electrons. The molecule has 31 heavy (non-hydrogen) atoms. The summed E-state index contributed by atoms with van der Waals surface area (Å²) in [6, 6.07) is 0. The number of hydrogen-bond acceptors (Lipinski definition) is 3. The van der Waals surface area contributed by atoms with Crippen LogP contribution in [0.3, 0.4) is 0 Å². The van der Waals surface area contributed by atoms with Crippen LogP contribution in [0.5, 0.6) is 0 Å². The van der Waals surface area contributed by atoms with Gasteiger partial charge in [0.05, 0.1) is 5.60 Å². The van der Waals surface area contributed by atoms with Crippen LogP contribution < -0.4 is 5.32 Å². The summed E-state index contributed by atoms with van der Waals surface area (Å²) in [6.45, 7) is 25.1. The summed E-state index contributed by atoms with van der Waals surface area (Å²) in [5, 5.41) is 3.27. The van der Waals surface area contributed by atoms with E-state index in [-0.39, 0.29) is 27.2 Å². The second-order valence-electron chi connectivity index (χ2n) is 11.0. The molecule has 0 bridgehead atoms. The highest BCUT2D eigenvalue weighted by Crippen LogP contribution is 2.40. The highest BCUT2D eigenvalue weighted by atomic mass is 32.1. The van der Waals surface area contributed by atoms with Crippen molar-refractivity contribution < 1.29 is 9.45 Å². The van der Waals surface area contributed by atoms with E-state index in [0.717, 1.165) is 51.3 Å². The Balaban J connectivity index is 0. The van der Waals surface area contributed by atoms with Gasteiger partial charge in [-0.1, -0.05) is 66.6 Å². The molecular formula is C26H55BNO2S. The lowest BCUT2D eigenvalue weighted by atomic mass is 9.68. The molecule has 0 aromatic heterocycles. The van der Waals surface area contributed by atoms with Crippen molar-refractivity contribution in [2.24, 2.45) is 11.3 Å². The smallest absolute Gasteiger partial charge is 0.293 e. The summed E-state index contributed by atoms with van der Waals surface area (Å²) in [5.74, 6) is 0.652. The molecule has 0 fully saturated rings. The van der Waals surface area contributed by atoms with Gasteiger partial charge in [-0.15, -0.1) is 0 Å². The maximum atomic E-state index is 13.3. The summed E-state index contributed by atoms with van der Waals surface area (Å²) in [4.78, 5) is 13.3. The zero-order chi connectivity index (χ0) is 24.9. The Bertz CT molecular complexity index is 477. The van der Waals surface area contributed by atoms with Crippen LogP contribution >= 0.6 is 12.6 Å². The van der Waals surface area contributed by atoms with E-state index in [9.17, 15) is 4.79 Å². The normalized spacial score (nSPS) is 14.5. The van der Waals surface area contributed by atoms with E-state index in [2.05, 4.69) is 87.2 Å². The predicted molar refractivity (Wildman–Crippen MR) is 143 cm³/mol. The van der Waals surface area contributed by atoms with Crippen molar-refractivity contribution in [2.75, 3.05) is 0 Å².